The van der Waals surface area contributed by atoms with Gasteiger partial charge in [-0.3, -0.25) is 14.8 Å². The predicted octanol–water partition coefficient (Wildman–Crippen LogP) is 8.86. The summed E-state index contributed by atoms with van der Waals surface area (Å²) >= 11 is 18.4. The average Bonchev–Trinajstić information content (AvgIpc) is 3.89. The third kappa shape index (κ3) is 22.3. The van der Waals surface area contributed by atoms with Crippen molar-refractivity contribution in [2.24, 2.45) is 0 Å². The quantitative estimate of drug-likeness (QED) is 0.0429. The van der Waals surface area contributed by atoms with E-state index in [0.29, 0.717) is 48.2 Å². The van der Waals surface area contributed by atoms with Gasteiger partial charge in [-0.1, -0.05) is 12.2 Å². The van der Waals surface area contributed by atoms with Crippen LogP contribution in [0.5, 0.6) is 23.0 Å². The van der Waals surface area contributed by atoms with Crippen LogP contribution in [0, 0.1) is 0 Å². The highest BCUT2D eigenvalue weighted by molar-refractivity contribution is 8.70. The minimum atomic E-state index is -3.19. The number of alkyl halides is 4. The highest BCUT2D eigenvalue weighted by Crippen LogP contribution is 2.44. The molecule has 2 aromatic heterocycles. The minimum Gasteiger partial charge on any atom is -0.493 e. The van der Waals surface area contributed by atoms with Gasteiger partial charge in [0.2, 0.25) is 5.91 Å². The third-order valence-electron chi connectivity index (χ3n) is 7.15. The smallest absolute Gasteiger partial charge is 0.303 e. The van der Waals surface area contributed by atoms with Gasteiger partial charge in [0.15, 0.2) is 23.0 Å². The zero-order valence-corrected chi connectivity index (χ0v) is 44.0. The van der Waals surface area contributed by atoms with Crippen LogP contribution in [-0.2, 0) is 119 Å². The molecule has 0 fully saturated rings. The predicted molar refractivity (Wildman–Crippen MR) is 272 cm³/mol. The lowest BCUT2D eigenvalue weighted by Crippen LogP contribution is -2.28. The summed E-state index contributed by atoms with van der Waals surface area (Å²) < 4.78 is 78.8. The van der Waals surface area contributed by atoms with Crippen molar-refractivity contribution in [1.82, 2.24) is 10.4 Å². The van der Waals surface area contributed by atoms with E-state index in [1.54, 1.807) is 59.8 Å². The van der Waals surface area contributed by atoms with Crippen molar-refractivity contribution >= 4 is 165 Å². The third-order valence-corrected chi connectivity index (χ3v) is 20.7. The molecule has 0 saturated carbocycles. The number of benzene rings is 2. The van der Waals surface area contributed by atoms with Crippen molar-refractivity contribution in [3.63, 3.8) is 0 Å². The normalized spacial score (nSPS) is 10.0. The van der Waals surface area contributed by atoms with Gasteiger partial charge >= 0.3 is 5.97 Å². The Morgan fingerprint density at radius 1 is 0.742 bits per heavy atom. The molecule has 0 atom stereocenters. The van der Waals surface area contributed by atoms with Gasteiger partial charge in [-0.2, -0.15) is 0 Å². The number of halogens is 5. The van der Waals surface area contributed by atoms with Crippen LogP contribution < -0.4 is 24.3 Å². The van der Waals surface area contributed by atoms with E-state index in [2.05, 4.69) is 63.2 Å². The Morgan fingerprint density at radius 3 is 1.44 bits per heavy atom. The molecule has 2 heterocycles. The van der Waals surface area contributed by atoms with Crippen LogP contribution in [0.1, 0.15) is 35.4 Å². The maximum atomic E-state index is 14.4. The fraction of sp³-hybridized carbons (Fsp3) is 0.371. The fourth-order valence-corrected chi connectivity index (χ4v) is 17.5. The summed E-state index contributed by atoms with van der Waals surface area (Å²) in [4.78, 5) is 21.8. The Hall–Kier alpha value is -1.89. The zero-order valence-electron chi connectivity index (χ0n) is 33.4. The monoisotopic (exact) mass is 1110 g/mol. The van der Waals surface area contributed by atoms with E-state index >= 15 is 0 Å². The number of amides is 1. The van der Waals surface area contributed by atoms with E-state index in [4.69, 9.17) is 24.1 Å². The lowest BCUT2D eigenvalue weighted by atomic mass is 10.1. The zero-order chi connectivity index (χ0) is 46.6. The van der Waals surface area contributed by atoms with E-state index in [-0.39, 0.29) is 28.7 Å². The number of nitrogens with one attached hydrogen (secondary N) is 1. The first-order chi connectivity index (χ1) is 29.0. The van der Waals surface area contributed by atoms with Crippen LogP contribution in [0.2, 0.25) is 0 Å². The number of ether oxygens (including phenoxy) is 4. The molecule has 4 rings (SSSR count). The summed E-state index contributed by atoms with van der Waals surface area (Å²) in [5.41, 5.74) is 0. The van der Waals surface area contributed by atoms with Crippen molar-refractivity contribution in [2.75, 3.05) is 48.6 Å². The van der Waals surface area contributed by atoms with Crippen molar-refractivity contribution in [3.8, 4) is 23.0 Å². The first-order valence-electron chi connectivity index (χ1n) is 16.6. The molecule has 27 heteroatoms. The molecule has 0 aliphatic carbocycles. The van der Waals surface area contributed by atoms with Gasteiger partial charge in [-0.05, 0) is 42.1 Å². The molecule has 10 nitrogen and oxygen atoms in total. The second-order valence-electron chi connectivity index (χ2n) is 11.0. The number of fused-ring (bicyclic) bond motifs is 2. The summed E-state index contributed by atoms with van der Waals surface area (Å²) in [7, 11) is 16.9. The first-order valence-corrected chi connectivity index (χ1v) is 28.9. The molecule has 0 bridgehead atoms. The Bertz CT molecular complexity index is 2210. The summed E-state index contributed by atoms with van der Waals surface area (Å²) in [6.07, 6.45) is 0.666. The van der Waals surface area contributed by atoms with E-state index in [1.165, 1.54) is 64.4 Å². The molecule has 2 aromatic carbocycles. The van der Waals surface area contributed by atoms with Gasteiger partial charge in [-0.15, -0.1) is 48.2 Å². The molecule has 0 saturated heterocycles. The van der Waals surface area contributed by atoms with Crippen molar-refractivity contribution in [2.45, 2.75) is 37.5 Å². The number of thiophene rings is 2. The van der Waals surface area contributed by atoms with Gasteiger partial charge in [-0.25, -0.2) is 22.6 Å². The summed E-state index contributed by atoms with van der Waals surface area (Å²) in [5, 5.41) is 22.4. The number of carbonyl (C=O) groups excluding carboxylic acids is 1. The molecule has 3 N–H and O–H groups in total. The van der Waals surface area contributed by atoms with Crippen molar-refractivity contribution in [3.05, 3.63) is 71.5 Å². The molecule has 0 spiro atoms. The molecule has 348 valence electrons. The lowest BCUT2D eigenvalue weighted by Gasteiger charge is -2.16. The number of aliphatic carboxylic acids is 1. The topological polar surface area (TPSA) is 127 Å². The van der Waals surface area contributed by atoms with Gasteiger partial charge in [0.25, 0.3) is 11.8 Å². The van der Waals surface area contributed by atoms with Crippen LogP contribution in [-0.4, -0.2) is 75.8 Å². The second kappa shape index (κ2) is 34.5. The van der Waals surface area contributed by atoms with E-state index in [1.807, 2.05) is 13.1 Å². The molecule has 1 amide bonds. The van der Waals surface area contributed by atoms with E-state index < -0.39 is 49.4 Å². The standard InChI is InChI=1S/C17H19F2NO4S.C14H14F2O4S.C4H9N.ClH.S8.S2/c1-4-7-20(22)16(21)5-6-17(18,19)15-9-11-8-12(23-2)13(24-3)10-14(11)25-15;1-19-9-5-8-6-12(14(15,16)4-3-13(17)18)21-11(8)7-10(9)20-2;1-3-4-5-2;;1-3-5-7-8-6-4-2;1-2/h4,8-10,22H,1,5-7H2,2-3H3;5-7H,3-4H2,1-2H3,(H,17,18);3,5H,1,4H2,2H3;1H;;. The number of carboxylic acids is 1. The molecule has 0 unspecified atom stereocenters. The Morgan fingerprint density at radius 2 is 1.13 bits per heavy atom. The average molecular weight is 1120 g/mol. The second-order valence-corrected chi connectivity index (χ2v) is 23.8. The fourth-order valence-electron chi connectivity index (χ4n) is 4.41. The Kier molecular flexibility index (Phi) is 34.6. The highest BCUT2D eigenvalue weighted by atomic mass is 35.5. The number of methoxy groups -OCH3 is 4. The number of hydrogen-bond donors (Lipinski definition) is 3. The number of carbonyl (C=O) groups is 2. The molecular weight excluding hydrogens is 1070 g/mol. The number of carboxylic acid groups (broad SMARTS) is 1. The largest absolute Gasteiger partial charge is 0.493 e. The number of nitrogens with zero attached hydrogens (tertiary/aromatic N) is 1. The number of hydrogen-bond acceptors (Lipinski definition) is 14. The van der Waals surface area contributed by atoms with Crippen LogP contribution >= 0.6 is 35.1 Å². The van der Waals surface area contributed by atoms with Crippen LogP contribution in [0.25, 0.3) is 20.2 Å². The van der Waals surface area contributed by atoms with Crippen LogP contribution in [0.3, 0.4) is 0 Å². The van der Waals surface area contributed by atoms with Gasteiger partial charge in [0.1, 0.15) is 0 Å². The van der Waals surface area contributed by atoms with E-state index in [0.717, 1.165) is 29.2 Å². The summed E-state index contributed by atoms with van der Waals surface area (Å²) in [6.45, 7) is 7.66. The number of rotatable bonds is 16. The maximum Gasteiger partial charge on any atom is 0.303 e. The summed E-state index contributed by atoms with van der Waals surface area (Å²) in [6, 6.07) is 9.28. The van der Waals surface area contributed by atoms with E-state index in [9.17, 15) is 32.4 Å². The van der Waals surface area contributed by atoms with Gasteiger partial charge in [0, 0.05) is 145 Å². The van der Waals surface area contributed by atoms with Crippen LogP contribution in [0.15, 0.2) is 61.7 Å². The SMILES string of the molecule is C=CCN(O)C(=O)CCC(F)(F)c1cc2cc(OC)c(OC)cc2s1.C=CCNC.COc1cc2cc(C(F)(F)CCC(=O)O)sc2cc1OC.Cl.S=S.S=S=S=S=S=S=S=S. The molecule has 0 aliphatic heterocycles. The van der Waals surface area contributed by atoms with Crippen LogP contribution in [0.4, 0.5) is 17.6 Å². The molecule has 4 aromatic rings. The number of likely N-dealkylation sites (N-methyl/N-ethyl adjacent to an activating group) is 1. The minimum absolute atomic E-state index is 0. The molecule has 0 radical (unpaired) electrons. The summed E-state index contributed by atoms with van der Waals surface area (Å²) in [5.74, 6) is -6.52. The lowest BCUT2D eigenvalue weighted by molar-refractivity contribution is -0.164. The molecule has 0 aliphatic rings. The van der Waals surface area contributed by atoms with Gasteiger partial charge < -0.3 is 29.4 Å². The van der Waals surface area contributed by atoms with Crippen molar-refractivity contribution < 1.29 is 56.4 Å². The Labute approximate surface area is 408 Å². The van der Waals surface area contributed by atoms with Crippen molar-refractivity contribution in [1.29, 1.82) is 0 Å². The number of hydroxylamine groups is 2. The maximum absolute atomic E-state index is 14.4. The highest BCUT2D eigenvalue weighted by Gasteiger charge is 2.35. The molecule has 62 heavy (non-hydrogen) atoms. The first kappa shape index (κ1) is 62.2. The Balaban J connectivity index is 0. The van der Waals surface area contributed by atoms with Gasteiger partial charge in [0.05, 0.1) is 51.2 Å². The molecular formula is C35H43ClF4N2O8S12.